The Kier molecular flexibility index (Phi) is 4.06. The molecular weight excluding hydrogens is 247 g/mol. The Labute approximate surface area is 110 Å². The molecule has 0 bridgehead atoms. The molecule has 1 heterocycles. The van der Waals surface area contributed by atoms with Gasteiger partial charge in [-0.2, -0.15) is 0 Å². The molecule has 0 aliphatic carbocycles. The summed E-state index contributed by atoms with van der Waals surface area (Å²) in [5.41, 5.74) is 1.53. The summed E-state index contributed by atoms with van der Waals surface area (Å²) in [7, 11) is 0. The number of halogens is 1. The molecule has 4 nitrogen and oxygen atoms in total. The lowest BCUT2D eigenvalue weighted by Crippen LogP contribution is -2.12. The average molecular weight is 262 g/mol. The molecule has 100 valence electrons. The quantitative estimate of drug-likeness (QED) is 0.920. The zero-order chi connectivity index (χ0) is 13.8. The van der Waals surface area contributed by atoms with Gasteiger partial charge in [-0.3, -0.25) is 4.79 Å². The van der Waals surface area contributed by atoms with Crippen LogP contribution in [0.15, 0.2) is 29.1 Å². The summed E-state index contributed by atoms with van der Waals surface area (Å²) in [6, 6.07) is 5.93. The minimum atomic E-state index is -0.344. The van der Waals surface area contributed by atoms with Crippen LogP contribution in [0.1, 0.15) is 18.3 Å². The van der Waals surface area contributed by atoms with Gasteiger partial charge in [0.1, 0.15) is 18.2 Å². The third-order valence-electron chi connectivity index (χ3n) is 2.57. The lowest BCUT2D eigenvalue weighted by Gasteiger charge is -2.06. The van der Waals surface area contributed by atoms with Crippen molar-refractivity contribution in [3.63, 3.8) is 0 Å². The van der Waals surface area contributed by atoms with Gasteiger partial charge in [-0.1, -0.05) is 0 Å². The van der Waals surface area contributed by atoms with E-state index in [1.165, 1.54) is 18.2 Å². The first-order chi connectivity index (χ1) is 9.08. The Morgan fingerprint density at radius 3 is 2.79 bits per heavy atom. The number of H-pyrrole nitrogens is 1. The van der Waals surface area contributed by atoms with Crippen molar-refractivity contribution in [3.05, 3.63) is 51.8 Å². The van der Waals surface area contributed by atoms with Gasteiger partial charge in [0.05, 0.1) is 5.69 Å². The zero-order valence-electron chi connectivity index (χ0n) is 10.9. The van der Waals surface area contributed by atoms with Gasteiger partial charge >= 0.3 is 0 Å². The molecule has 19 heavy (non-hydrogen) atoms. The third-order valence-corrected chi connectivity index (χ3v) is 2.57. The molecule has 0 atom stereocenters. The average Bonchev–Trinajstić information content (AvgIpc) is 2.34. The Morgan fingerprint density at radius 2 is 2.11 bits per heavy atom. The summed E-state index contributed by atoms with van der Waals surface area (Å²) in [5, 5.41) is 0. The van der Waals surface area contributed by atoms with Crippen LogP contribution in [-0.2, 0) is 11.3 Å². The number of aromatic amines is 1. The normalized spacial score (nSPS) is 10.7. The van der Waals surface area contributed by atoms with Crippen molar-refractivity contribution in [2.75, 3.05) is 6.61 Å². The highest BCUT2D eigenvalue weighted by Gasteiger charge is 2.06. The summed E-state index contributed by atoms with van der Waals surface area (Å²) in [6.45, 7) is 4.42. The van der Waals surface area contributed by atoms with Crippen LogP contribution in [0.3, 0.4) is 0 Å². The summed E-state index contributed by atoms with van der Waals surface area (Å²) < 4.78 is 18.6. The van der Waals surface area contributed by atoms with Gasteiger partial charge in [-0.05, 0) is 37.6 Å². The number of benzene rings is 1. The topological polar surface area (TPSA) is 55.0 Å². The van der Waals surface area contributed by atoms with E-state index in [9.17, 15) is 9.18 Å². The van der Waals surface area contributed by atoms with Gasteiger partial charge in [0.25, 0.3) is 5.56 Å². The highest BCUT2D eigenvalue weighted by Crippen LogP contribution is 2.18. The van der Waals surface area contributed by atoms with Gasteiger partial charge < -0.3 is 9.72 Å². The SMILES string of the molecule is CCOCc1nc(-c2cc(C)cc(F)c2)cc(=O)[nH]1. The van der Waals surface area contributed by atoms with E-state index in [0.29, 0.717) is 23.7 Å². The van der Waals surface area contributed by atoms with E-state index in [4.69, 9.17) is 4.74 Å². The molecule has 0 saturated carbocycles. The second-order valence-electron chi connectivity index (χ2n) is 4.23. The number of nitrogens with zero attached hydrogens (tertiary/aromatic N) is 1. The third kappa shape index (κ3) is 3.48. The van der Waals surface area contributed by atoms with Crippen molar-refractivity contribution in [3.8, 4) is 11.3 Å². The Hall–Kier alpha value is -2.01. The molecule has 0 fully saturated rings. The fourth-order valence-corrected chi connectivity index (χ4v) is 1.81. The fraction of sp³-hybridized carbons (Fsp3) is 0.286. The van der Waals surface area contributed by atoms with E-state index in [-0.39, 0.29) is 18.0 Å². The van der Waals surface area contributed by atoms with Gasteiger partial charge in [0, 0.05) is 18.2 Å². The number of hydrogen-bond donors (Lipinski definition) is 1. The van der Waals surface area contributed by atoms with Crippen molar-refractivity contribution in [1.29, 1.82) is 0 Å². The van der Waals surface area contributed by atoms with Gasteiger partial charge in [-0.15, -0.1) is 0 Å². The van der Waals surface area contributed by atoms with Crippen molar-refractivity contribution < 1.29 is 9.13 Å². The van der Waals surface area contributed by atoms with Crippen LogP contribution in [-0.4, -0.2) is 16.6 Å². The summed E-state index contributed by atoms with van der Waals surface area (Å²) in [4.78, 5) is 18.4. The molecule has 0 spiro atoms. The minimum absolute atomic E-state index is 0.230. The lowest BCUT2D eigenvalue weighted by atomic mass is 10.1. The second-order valence-corrected chi connectivity index (χ2v) is 4.23. The van der Waals surface area contributed by atoms with Crippen LogP contribution >= 0.6 is 0 Å². The van der Waals surface area contributed by atoms with Crippen LogP contribution < -0.4 is 5.56 Å². The molecule has 2 rings (SSSR count). The Balaban J connectivity index is 2.43. The molecule has 5 heteroatoms. The Bertz CT molecular complexity index is 617. The van der Waals surface area contributed by atoms with Gasteiger partial charge in [-0.25, -0.2) is 9.37 Å². The first-order valence-electron chi connectivity index (χ1n) is 6.04. The first-order valence-corrected chi connectivity index (χ1v) is 6.04. The summed E-state index contributed by atoms with van der Waals surface area (Å²) in [5.74, 6) is 0.0923. The van der Waals surface area contributed by atoms with E-state index in [2.05, 4.69) is 9.97 Å². The van der Waals surface area contributed by atoms with E-state index < -0.39 is 0 Å². The molecule has 1 aromatic carbocycles. The maximum atomic E-state index is 13.4. The molecule has 0 aliphatic rings. The van der Waals surface area contributed by atoms with Crippen molar-refractivity contribution >= 4 is 0 Å². The van der Waals surface area contributed by atoms with Gasteiger partial charge in [0.15, 0.2) is 0 Å². The number of hydrogen-bond acceptors (Lipinski definition) is 3. The molecule has 1 N–H and O–H groups in total. The first kappa shape index (κ1) is 13.4. The highest BCUT2D eigenvalue weighted by molar-refractivity contribution is 5.59. The largest absolute Gasteiger partial charge is 0.374 e. The molecular formula is C14H15FN2O2. The molecule has 1 aromatic heterocycles. The molecule has 0 amide bonds. The zero-order valence-corrected chi connectivity index (χ0v) is 10.9. The second kappa shape index (κ2) is 5.75. The van der Waals surface area contributed by atoms with Gasteiger partial charge in [0.2, 0.25) is 0 Å². The number of ether oxygens (including phenoxy) is 1. The van der Waals surface area contributed by atoms with E-state index in [1.54, 1.807) is 13.0 Å². The maximum Gasteiger partial charge on any atom is 0.251 e. The minimum Gasteiger partial charge on any atom is -0.374 e. The summed E-state index contributed by atoms with van der Waals surface area (Å²) >= 11 is 0. The number of aromatic nitrogens is 2. The monoisotopic (exact) mass is 262 g/mol. The number of rotatable bonds is 4. The van der Waals surface area contributed by atoms with Crippen LogP contribution in [0, 0.1) is 12.7 Å². The maximum absolute atomic E-state index is 13.4. The number of aryl methyl sites for hydroxylation is 1. The van der Waals surface area contributed by atoms with Crippen LogP contribution in [0.25, 0.3) is 11.3 Å². The van der Waals surface area contributed by atoms with Crippen LogP contribution in [0.4, 0.5) is 4.39 Å². The molecule has 0 saturated heterocycles. The van der Waals surface area contributed by atoms with Crippen LogP contribution in [0.5, 0.6) is 0 Å². The van der Waals surface area contributed by atoms with Crippen molar-refractivity contribution in [2.24, 2.45) is 0 Å². The van der Waals surface area contributed by atoms with Crippen molar-refractivity contribution in [2.45, 2.75) is 20.5 Å². The van der Waals surface area contributed by atoms with E-state index in [0.717, 1.165) is 5.56 Å². The van der Waals surface area contributed by atoms with E-state index in [1.807, 2.05) is 6.92 Å². The van der Waals surface area contributed by atoms with E-state index >= 15 is 0 Å². The predicted octanol–water partition coefficient (Wildman–Crippen LogP) is 2.42. The number of nitrogens with one attached hydrogen (secondary N) is 1. The van der Waals surface area contributed by atoms with Crippen LogP contribution in [0.2, 0.25) is 0 Å². The van der Waals surface area contributed by atoms with Crippen molar-refractivity contribution in [1.82, 2.24) is 9.97 Å². The molecule has 0 unspecified atom stereocenters. The lowest BCUT2D eigenvalue weighted by molar-refractivity contribution is 0.128. The smallest absolute Gasteiger partial charge is 0.251 e. The molecule has 0 aliphatic heterocycles. The standard InChI is InChI=1S/C14H15FN2O2/c1-3-19-8-13-16-12(7-14(18)17-13)10-4-9(2)5-11(15)6-10/h4-7H,3,8H2,1-2H3,(H,16,17,18). The highest BCUT2D eigenvalue weighted by atomic mass is 19.1. The summed E-state index contributed by atoms with van der Waals surface area (Å²) in [6.07, 6.45) is 0. The predicted molar refractivity (Wildman–Crippen MR) is 70.3 cm³/mol. The molecule has 0 radical (unpaired) electrons. The fourth-order valence-electron chi connectivity index (χ4n) is 1.81. The Morgan fingerprint density at radius 1 is 1.32 bits per heavy atom. The molecule has 2 aromatic rings.